The average molecular weight is 320 g/mol. The van der Waals surface area contributed by atoms with Crippen LogP contribution in [-0.4, -0.2) is 6.03 Å². The van der Waals surface area contributed by atoms with E-state index in [0.29, 0.717) is 11.3 Å². The molecule has 0 radical (unpaired) electrons. The summed E-state index contributed by atoms with van der Waals surface area (Å²) in [5, 5.41) is 5.47. The lowest BCUT2D eigenvalue weighted by Crippen LogP contribution is -2.28. The van der Waals surface area contributed by atoms with E-state index in [9.17, 15) is 9.18 Å². The number of carbonyl (C=O) groups excluding carboxylic acids is 1. The molecule has 120 valence electrons. The van der Waals surface area contributed by atoms with Gasteiger partial charge in [-0.3, -0.25) is 0 Å². The summed E-state index contributed by atoms with van der Waals surface area (Å²) in [6.07, 6.45) is 0. The van der Waals surface area contributed by atoms with Gasteiger partial charge in [-0.15, -0.1) is 0 Å². The third-order valence-electron chi connectivity index (χ3n) is 3.59. The van der Waals surface area contributed by atoms with E-state index in [0.717, 1.165) is 11.1 Å². The van der Waals surface area contributed by atoms with Crippen molar-refractivity contribution >= 4 is 11.7 Å². The molecule has 0 aliphatic carbocycles. The van der Waals surface area contributed by atoms with Gasteiger partial charge in [-0.2, -0.15) is 0 Å². The van der Waals surface area contributed by atoms with Gasteiger partial charge in [0, 0.05) is 12.2 Å². The Kier molecular flexibility index (Phi) is 4.87. The highest BCUT2D eigenvalue weighted by Crippen LogP contribution is 2.20. The lowest BCUT2D eigenvalue weighted by molar-refractivity contribution is 0.251. The van der Waals surface area contributed by atoms with Gasteiger partial charge in [-0.05, 0) is 41.0 Å². The molecule has 0 aromatic heterocycles. The number of hydrogen-bond donors (Lipinski definition) is 2. The quantitative estimate of drug-likeness (QED) is 0.711. The number of halogens is 1. The zero-order chi connectivity index (χ0) is 16.8. The minimum absolute atomic E-state index is 0.270. The van der Waals surface area contributed by atoms with Crippen molar-refractivity contribution in [2.24, 2.45) is 0 Å². The molecule has 0 saturated heterocycles. The number of anilines is 1. The first-order chi connectivity index (χ1) is 11.7. The Morgan fingerprint density at radius 3 is 2.25 bits per heavy atom. The molecule has 0 heterocycles. The van der Waals surface area contributed by atoms with Gasteiger partial charge in [-0.25, -0.2) is 9.18 Å². The molecule has 0 unspecified atom stereocenters. The van der Waals surface area contributed by atoms with Crippen LogP contribution < -0.4 is 10.6 Å². The minimum atomic E-state index is -0.327. The van der Waals surface area contributed by atoms with Crippen LogP contribution in [0.25, 0.3) is 11.1 Å². The second kappa shape index (κ2) is 7.42. The van der Waals surface area contributed by atoms with E-state index in [2.05, 4.69) is 10.6 Å². The summed E-state index contributed by atoms with van der Waals surface area (Å²) in [7, 11) is 0. The number of urea groups is 1. The van der Waals surface area contributed by atoms with Crippen LogP contribution >= 0.6 is 0 Å². The van der Waals surface area contributed by atoms with E-state index in [-0.39, 0.29) is 18.4 Å². The Hall–Kier alpha value is -3.14. The van der Waals surface area contributed by atoms with E-state index < -0.39 is 0 Å². The van der Waals surface area contributed by atoms with Crippen molar-refractivity contribution < 1.29 is 9.18 Å². The van der Waals surface area contributed by atoms with Crippen molar-refractivity contribution in [3.8, 4) is 11.1 Å². The molecule has 2 amide bonds. The molecule has 3 aromatic rings. The minimum Gasteiger partial charge on any atom is -0.334 e. The SMILES string of the molecule is O=C(NCc1cccc(F)c1)Nc1ccc(-c2ccccc2)cc1. The third kappa shape index (κ3) is 4.20. The van der Waals surface area contributed by atoms with Crippen molar-refractivity contribution in [3.63, 3.8) is 0 Å². The van der Waals surface area contributed by atoms with Gasteiger partial charge in [0.25, 0.3) is 0 Å². The fourth-order valence-electron chi connectivity index (χ4n) is 2.38. The topological polar surface area (TPSA) is 41.1 Å². The Balaban J connectivity index is 1.57. The molecule has 3 rings (SSSR count). The number of hydrogen-bond acceptors (Lipinski definition) is 1. The molecular weight excluding hydrogens is 303 g/mol. The molecule has 0 aliphatic rings. The van der Waals surface area contributed by atoms with Crippen LogP contribution in [0.15, 0.2) is 78.9 Å². The third-order valence-corrected chi connectivity index (χ3v) is 3.59. The first kappa shape index (κ1) is 15.7. The molecule has 3 aromatic carbocycles. The fraction of sp³-hybridized carbons (Fsp3) is 0.0500. The van der Waals surface area contributed by atoms with E-state index in [1.54, 1.807) is 12.1 Å². The van der Waals surface area contributed by atoms with E-state index in [1.807, 2.05) is 54.6 Å². The van der Waals surface area contributed by atoms with Crippen molar-refractivity contribution in [2.75, 3.05) is 5.32 Å². The second-order valence-electron chi connectivity index (χ2n) is 5.38. The van der Waals surface area contributed by atoms with Gasteiger partial charge in [0.2, 0.25) is 0 Å². The molecule has 2 N–H and O–H groups in total. The van der Waals surface area contributed by atoms with Crippen molar-refractivity contribution in [2.45, 2.75) is 6.54 Å². The molecular formula is C20H17FN2O. The molecule has 4 heteroatoms. The Labute approximate surface area is 140 Å². The van der Waals surface area contributed by atoms with Crippen LogP contribution in [0.2, 0.25) is 0 Å². The molecule has 0 fully saturated rings. The molecule has 3 nitrogen and oxygen atoms in total. The zero-order valence-electron chi connectivity index (χ0n) is 13.0. The van der Waals surface area contributed by atoms with Crippen LogP contribution in [0.3, 0.4) is 0 Å². The maximum atomic E-state index is 13.1. The maximum absolute atomic E-state index is 13.1. The average Bonchev–Trinajstić information content (AvgIpc) is 2.61. The van der Waals surface area contributed by atoms with E-state index in [4.69, 9.17) is 0 Å². The smallest absolute Gasteiger partial charge is 0.319 e. The van der Waals surface area contributed by atoms with Gasteiger partial charge in [-0.1, -0.05) is 54.6 Å². The Morgan fingerprint density at radius 1 is 0.833 bits per heavy atom. The standard InChI is InChI=1S/C20H17FN2O/c21-18-8-4-5-15(13-18)14-22-20(24)23-19-11-9-17(10-12-19)16-6-2-1-3-7-16/h1-13H,14H2,(H2,22,23,24). The molecule has 0 spiro atoms. The summed E-state index contributed by atoms with van der Waals surface area (Å²) in [4.78, 5) is 11.9. The van der Waals surface area contributed by atoms with Crippen LogP contribution in [0.5, 0.6) is 0 Å². The lowest BCUT2D eigenvalue weighted by Gasteiger charge is -2.09. The molecule has 0 saturated carbocycles. The summed E-state index contributed by atoms with van der Waals surface area (Å²) < 4.78 is 13.1. The van der Waals surface area contributed by atoms with E-state index >= 15 is 0 Å². The summed E-state index contributed by atoms with van der Waals surface area (Å²) in [5.41, 5.74) is 3.62. The van der Waals surface area contributed by atoms with Crippen molar-refractivity contribution in [1.82, 2.24) is 5.32 Å². The lowest BCUT2D eigenvalue weighted by atomic mass is 10.1. The first-order valence-corrected chi connectivity index (χ1v) is 7.65. The predicted molar refractivity (Wildman–Crippen MR) is 94.1 cm³/mol. The number of nitrogens with one attached hydrogen (secondary N) is 2. The highest BCUT2D eigenvalue weighted by Gasteiger charge is 2.03. The van der Waals surface area contributed by atoms with Gasteiger partial charge in [0.05, 0.1) is 0 Å². The van der Waals surface area contributed by atoms with Crippen LogP contribution in [0, 0.1) is 5.82 Å². The van der Waals surface area contributed by atoms with E-state index in [1.165, 1.54) is 12.1 Å². The molecule has 0 bridgehead atoms. The zero-order valence-corrected chi connectivity index (χ0v) is 13.0. The van der Waals surface area contributed by atoms with Crippen LogP contribution in [0.4, 0.5) is 14.9 Å². The highest BCUT2D eigenvalue weighted by molar-refractivity contribution is 5.89. The number of carbonyl (C=O) groups is 1. The maximum Gasteiger partial charge on any atom is 0.319 e. The molecule has 0 atom stereocenters. The number of amides is 2. The normalized spacial score (nSPS) is 10.2. The summed E-state index contributed by atoms with van der Waals surface area (Å²) >= 11 is 0. The summed E-state index contributed by atoms with van der Waals surface area (Å²) in [5.74, 6) is -0.314. The van der Waals surface area contributed by atoms with Crippen LogP contribution in [-0.2, 0) is 6.54 Å². The van der Waals surface area contributed by atoms with Crippen molar-refractivity contribution in [1.29, 1.82) is 0 Å². The summed E-state index contributed by atoms with van der Waals surface area (Å²) in [6.45, 7) is 0.270. The Bertz CT molecular complexity index is 817. The highest BCUT2D eigenvalue weighted by atomic mass is 19.1. The number of benzene rings is 3. The van der Waals surface area contributed by atoms with Crippen LogP contribution in [0.1, 0.15) is 5.56 Å². The monoisotopic (exact) mass is 320 g/mol. The van der Waals surface area contributed by atoms with Crippen molar-refractivity contribution in [3.05, 3.63) is 90.2 Å². The molecule has 0 aliphatic heterocycles. The second-order valence-corrected chi connectivity index (χ2v) is 5.38. The van der Waals surface area contributed by atoms with Gasteiger partial charge in [0.15, 0.2) is 0 Å². The van der Waals surface area contributed by atoms with Gasteiger partial charge >= 0.3 is 6.03 Å². The largest absolute Gasteiger partial charge is 0.334 e. The first-order valence-electron chi connectivity index (χ1n) is 7.65. The predicted octanol–water partition coefficient (Wildman–Crippen LogP) is 4.81. The Morgan fingerprint density at radius 2 is 1.54 bits per heavy atom. The van der Waals surface area contributed by atoms with Gasteiger partial charge in [0.1, 0.15) is 5.82 Å². The summed E-state index contributed by atoms with van der Waals surface area (Å²) in [6, 6.07) is 23.5. The van der Waals surface area contributed by atoms with Gasteiger partial charge < -0.3 is 10.6 Å². The molecule has 24 heavy (non-hydrogen) atoms. The number of rotatable bonds is 4. The fourth-order valence-corrected chi connectivity index (χ4v) is 2.38.